The van der Waals surface area contributed by atoms with Crippen LogP contribution < -0.4 is 0 Å². The third kappa shape index (κ3) is 3.14. The summed E-state index contributed by atoms with van der Waals surface area (Å²) in [5, 5.41) is 9.80. The van der Waals surface area contributed by atoms with Crippen LogP contribution >= 0.6 is 0 Å². The molecule has 2 unspecified atom stereocenters. The van der Waals surface area contributed by atoms with E-state index in [0.717, 1.165) is 25.7 Å². The Morgan fingerprint density at radius 3 is 2.42 bits per heavy atom. The van der Waals surface area contributed by atoms with Gasteiger partial charge < -0.3 is 10.0 Å². The number of nitrogens with zero attached hydrogens (tertiary/aromatic N) is 1. The van der Waals surface area contributed by atoms with Gasteiger partial charge in [0.2, 0.25) is 0 Å². The molecule has 2 aliphatic carbocycles. The van der Waals surface area contributed by atoms with Gasteiger partial charge in [-0.05, 0) is 61.3 Å². The van der Waals surface area contributed by atoms with Gasteiger partial charge >= 0.3 is 0 Å². The molecular formula is C22H24FNO2. The summed E-state index contributed by atoms with van der Waals surface area (Å²) < 4.78 is 14.1. The Morgan fingerprint density at radius 2 is 1.73 bits per heavy atom. The molecule has 4 rings (SSSR count). The smallest absolute Gasteiger partial charge is 0.253 e. The Hall–Kier alpha value is -2.20. The molecule has 2 aromatic rings. The number of rotatable bonds is 3. The van der Waals surface area contributed by atoms with Gasteiger partial charge in [0.15, 0.2) is 0 Å². The lowest BCUT2D eigenvalue weighted by Gasteiger charge is -2.26. The number of amides is 1. The van der Waals surface area contributed by atoms with E-state index in [9.17, 15) is 14.3 Å². The third-order valence-corrected chi connectivity index (χ3v) is 6.13. The minimum Gasteiger partial charge on any atom is -0.393 e. The van der Waals surface area contributed by atoms with Crippen LogP contribution in [0, 0.1) is 17.7 Å². The topological polar surface area (TPSA) is 40.5 Å². The second-order valence-corrected chi connectivity index (χ2v) is 7.75. The van der Waals surface area contributed by atoms with E-state index in [1.165, 1.54) is 6.07 Å². The molecule has 0 aromatic heterocycles. The molecular weight excluding hydrogens is 329 g/mol. The Kier molecular flexibility index (Phi) is 4.53. The maximum atomic E-state index is 14.1. The van der Waals surface area contributed by atoms with Gasteiger partial charge in [-0.3, -0.25) is 4.79 Å². The summed E-state index contributed by atoms with van der Waals surface area (Å²) in [5.74, 6) is 0.770. The minimum absolute atomic E-state index is 0.0197. The van der Waals surface area contributed by atoms with E-state index in [1.807, 2.05) is 24.1 Å². The third-order valence-electron chi connectivity index (χ3n) is 6.13. The molecule has 0 aliphatic heterocycles. The monoisotopic (exact) mass is 353 g/mol. The number of carbonyl (C=O) groups is 1. The highest BCUT2D eigenvalue weighted by Crippen LogP contribution is 2.45. The van der Waals surface area contributed by atoms with E-state index >= 15 is 0 Å². The fourth-order valence-corrected chi connectivity index (χ4v) is 4.75. The normalized spacial score (nSPS) is 27.3. The summed E-state index contributed by atoms with van der Waals surface area (Å²) in [6.07, 6.45) is 3.51. The lowest BCUT2D eigenvalue weighted by atomic mass is 10.0. The molecule has 2 aromatic carbocycles. The number of aliphatic hydroxyl groups excluding tert-OH is 1. The predicted octanol–water partition coefficient (Wildman–Crippen LogP) is 4.11. The molecule has 0 bridgehead atoms. The van der Waals surface area contributed by atoms with Crippen LogP contribution in [0.15, 0.2) is 48.5 Å². The van der Waals surface area contributed by atoms with Crippen molar-refractivity contribution < 1.29 is 14.3 Å². The average molecular weight is 353 g/mol. The minimum atomic E-state index is -0.285. The molecule has 0 spiro atoms. The van der Waals surface area contributed by atoms with E-state index in [-0.39, 0.29) is 23.9 Å². The molecule has 26 heavy (non-hydrogen) atoms. The van der Waals surface area contributed by atoms with Crippen molar-refractivity contribution in [3.63, 3.8) is 0 Å². The molecule has 3 nitrogen and oxygen atoms in total. The molecule has 1 N–H and O–H groups in total. The fraction of sp³-hybridized carbons (Fsp3) is 0.409. The number of hydrogen-bond acceptors (Lipinski definition) is 2. The molecule has 136 valence electrons. The van der Waals surface area contributed by atoms with E-state index in [0.29, 0.717) is 28.5 Å². The van der Waals surface area contributed by atoms with Crippen molar-refractivity contribution in [2.24, 2.45) is 11.8 Å². The lowest BCUT2D eigenvalue weighted by Crippen LogP contribution is -2.36. The first-order chi connectivity index (χ1) is 12.5. The number of halogens is 1. The zero-order chi connectivity index (χ0) is 18.3. The van der Waals surface area contributed by atoms with Crippen LogP contribution in [0.1, 0.15) is 36.0 Å². The second kappa shape index (κ2) is 6.84. The Labute approximate surface area is 153 Å². The Balaban J connectivity index is 1.52. The largest absolute Gasteiger partial charge is 0.393 e. The van der Waals surface area contributed by atoms with E-state index in [1.54, 1.807) is 30.3 Å². The SMILES string of the molecule is CN(C(=O)c1cccc(-c2ccccc2F)c1)C1C[C@H]2CC(O)C[C@H]2C1. The van der Waals surface area contributed by atoms with E-state index < -0.39 is 0 Å². The van der Waals surface area contributed by atoms with Crippen LogP contribution in [0.5, 0.6) is 0 Å². The quantitative estimate of drug-likeness (QED) is 0.902. The summed E-state index contributed by atoms with van der Waals surface area (Å²) >= 11 is 0. The van der Waals surface area contributed by atoms with Crippen molar-refractivity contribution in [2.75, 3.05) is 7.05 Å². The van der Waals surface area contributed by atoms with Gasteiger partial charge in [0.1, 0.15) is 5.82 Å². The first-order valence-corrected chi connectivity index (χ1v) is 9.33. The van der Waals surface area contributed by atoms with Crippen LogP contribution in [-0.4, -0.2) is 35.1 Å². The van der Waals surface area contributed by atoms with Crippen LogP contribution in [0.2, 0.25) is 0 Å². The van der Waals surface area contributed by atoms with Gasteiger partial charge in [-0.25, -0.2) is 4.39 Å². The number of carbonyl (C=O) groups excluding carboxylic acids is 1. The standard InChI is InChI=1S/C22H24FNO2/c1-24(18-10-16-12-19(25)13-17(16)11-18)22(26)15-6-4-5-14(9-15)20-7-2-3-8-21(20)23/h2-9,16-19,25H,10-13H2,1H3/t16-,17+,18?,19?. The highest BCUT2D eigenvalue weighted by molar-refractivity contribution is 5.95. The van der Waals surface area contributed by atoms with E-state index in [4.69, 9.17) is 0 Å². The van der Waals surface area contributed by atoms with Gasteiger partial charge in [0, 0.05) is 24.2 Å². The number of fused-ring (bicyclic) bond motifs is 1. The molecule has 1 amide bonds. The van der Waals surface area contributed by atoms with Gasteiger partial charge in [-0.1, -0.05) is 30.3 Å². The van der Waals surface area contributed by atoms with Gasteiger partial charge in [-0.2, -0.15) is 0 Å². The van der Waals surface area contributed by atoms with Crippen molar-refractivity contribution in [3.05, 3.63) is 59.9 Å². The molecule has 2 aliphatic rings. The van der Waals surface area contributed by atoms with Crippen LogP contribution in [-0.2, 0) is 0 Å². The first kappa shape index (κ1) is 17.2. The van der Waals surface area contributed by atoms with E-state index in [2.05, 4.69) is 0 Å². The van der Waals surface area contributed by atoms with Gasteiger partial charge in [0.25, 0.3) is 5.91 Å². The molecule has 2 saturated carbocycles. The Bertz CT molecular complexity index is 807. The molecule has 0 heterocycles. The predicted molar refractivity (Wildman–Crippen MR) is 99.2 cm³/mol. The van der Waals surface area contributed by atoms with Gasteiger partial charge in [0.05, 0.1) is 6.10 Å². The maximum Gasteiger partial charge on any atom is 0.253 e. The summed E-state index contributed by atoms with van der Waals surface area (Å²) in [4.78, 5) is 14.8. The van der Waals surface area contributed by atoms with Crippen molar-refractivity contribution >= 4 is 5.91 Å². The Morgan fingerprint density at radius 1 is 1.04 bits per heavy atom. The first-order valence-electron chi connectivity index (χ1n) is 9.33. The molecule has 0 saturated heterocycles. The number of hydrogen-bond donors (Lipinski definition) is 1. The molecule has 4 heteroatoms. The van der Waals surface area contributed by atoms with Crippen molar-refractivity contribution in [1.82, 2.24) is 4.90 Å². The highest BCUT2D eigenvalue weighted by Gasteiger charge is 2.43. The lowest BCUT2D eigenvalue weighted by molar-refractivity contribution is 0.0722. The zero-order valence-electron chi connectivity index (χ0n) is 14.9. The summed E-state index contributed by atoms with van der Waals surface area (Å²) in [7, 11) is 1.86. The van der Waals surface area contributed by atoms with Crippen molar-refractivity contribution in [2.45, 2.75) is 37.8 Å². The highest BCUT2D eigenvalue weighted by atomic mass is 19.1. The van der Waals surface area contributed by atoms with Crippen molar-refractivity contribution in [3.8, 4) is 11.1 Å². The zero-order valence-corrected chi connectivity index (χ0v) is 14.9. The number of benzene rings is 2. The summed E-state index contributed by atoms with van der Waals surface area (Å²) in [6.45, 7) is 0. The number of aliphatic hydroxyl groups is 1. The molecule has 0 radical (unpaired) electrons. The van der Waals surface area contributed by atoms with Crippen LogP contribution in [0.4, 0.5) is 4.39 Å². The van der Waals surface area contributed by atoms with Crippen molar-refractivity contribution in [1.29, 1.82) is 0 Å². The van der Waals surface area contributed by atoms with Crippen LogP contribution in [0.25, 0.3) is 11.1 Å². The van der Waals surface area contributed by atoms with Crippen LogP contribution in [0.3, 0.4) is 0 Å². The molecule has 4 atom stereocenters. The second-order valence-electron chi connectivity index (χ2n) is 7.75. The fourth-order valence-electron chi connectivity index (χ4n) is 4.75. The summed E-state index contributed by atoms with van der Waals surface area (Å²) in [6, 6.07) is 14.1. The average Bonchev–Trinajstić information content (AvgIpc) is 3.18. The molecule has 2 fully saturated rings. The maximum absolute atomic E-state index is 14.1. The van der Waals surface area contributed by atoms with Gasteiger partial charge in [-0.15, -0.1) is 0 Å². The summed E-state index contributed by atoms with van der Waals surface area (Å²) in [5.41, 5.74) is 1.81.